The van der Waals surface area contributed by atoms with Crippen molar-refractivity contribution in [2.45, 2.75) is 6.92 Å². The maximum atomic E-state index is 11.9. The smallest absolute Gasteiger partial charge is 0.234 e. The first-order valence-corrected chi connectivity index (χ1v) is 8.41. The summed E-state index contributed by atoms with van der Waals surface area (Å²) in [6.07, 6.45) is 0. The van der Waals surface area contributed by atoms with E-state index in [-0.39, 0.29) is 5.91 Å². The fraction of sp³-hybridized carbons (Fsp3) is 0.467. The fourth-order valence-electron chi connectivity index (χ4n) is 2.04. The standard InChI is InChI=1S/C15H21N3OS2/c1-12-3-5-13(6-4-12)16-14(19)11-21-15(20)18-9-7-17(2)8-10-18/h3-6H,7-11H2,1-2H3,(H,16,19). The molecule has 1 amide bonds. The van der Waals surface area contributed by atoms with Gasteiger partial charge in [0.1, 0.15) is 4.32 Å². The van der Waals surface area contributed by atoms with Crippen molar-refractivity contribution in [2.75, 3.05) is 44.3 Å². The Kier molecular flexibility index (Phi) is 6.02. The van der Waals surface area contributed by atoms with Crippen LogP contribution in [0.15, 0.2) is 24.3 Å². The van der Waals surface area contributed by atoms with Crippen molar-refractivity contribution in [1.82, 2.24) is 9.80 Å². The second-order valence-electron chi connectivity index (χ2n) is 5.26. The van der Waals surface area contributed by atoms with Crippen LogP contribution in [-0.2, 0) is 4.79 Å². The first kappa shape index (κ1) is 16.3. The second kappa shape index (κ2) is 7.77. The second-order valence-corrected chi connectivity index (χ2v) is 6.87. The lowest BCUT2D eigenvalue weighted by Crippen LogP contribution is -2.46. The Morgan fingerprint density at radius 1 is 1.24 bits per heavy atom. The van der Waals surface area contributed by atoms with Gasteiger partial charge in [0, 0.05) is 31.9 Å². The van der Waals surface area contributed by atoms with Gasteiger partial charge in [-0.2, -0.15) is 0 Å². The first-order valence-electron chi connectivity index (χ1n) is 7.01. The van der Waals surface area contributed by atoms with E-state index in [2.05, 4.69) is 22.2 Å². The zero-order valence-corrected chi connectivity index (χ0v) is 14.1. The monoisotopic (exact) mass is 323 g/mol. The van der Waals surface area contributed by atoms with Crippen molar-refractivity contribution in [3.8, 4) is 0 Å². The summed E-state index contributed by atoms with van der Waals surface area (Å²) in [5.74, 6) is 0.347. The van der Waals surface area contributed by atoms with Gasteiger partial charge in [-0.05, 0) is 26.1 Å². The van der Waals surface area contributed by atoms with Crippen LogP contribution in [0, 0.1) is 6.92 Å². The predicted octanol–water partition coefficient (Wildman–Crippen LogP) is 2.20. The summed E-state index contributed by atoms with van der Waals surface area (Å²) < 4.78 is 0.821. The number of aryl methyl sites for hydroxylation is 1. The largest absolute Gasteiger partial charge is 0.355 e. The molecule has 0 atom stereocenters. The molecule has 0 spiro atoms. The van der Waals surface area contributed by atoms with Crippen molar-refractivity contribution in [1.29, 1.82) is 0 Å². The minimum Gasteiger partial charge on any atom is -0.355 e. The van der Waals surface area contributed by atoms with E-state index in [4.69, 9.17) is 12.2 Å². The van der Waals surface area contributed by atoms with E-state index >= 15 is 0 Å². The molecule has 21 heavy (non-hydrogen) atoms. The molecule has 0 radical (unpaired) electrons. The molecule has 0 unspecified atom stereocenters. The van der Waals surface area contributed by atoms with Crippen LogP contribution in [0.1, 0.15) is 5.56 Å². The third-order valence-corrected chi connectivity index (χ3v) is 4.95. The van der Waals surface area contributed by atoms with Crippen LogP contribution in [0.3, 0.4) is 0 Å². The Morgan fingerprint density at radius 3 is 2.48 bits per heavy atom. The molecule has 0 bridgehead atoms. The summed E-state index contributed by atoms with van der Waals surface area (Å²) in [5, 5.41) is 2.89. The van der Waals surface area contributed by atoms with E-state index in [1.165, 1.54) is 17.3 Å². The third kappa shape index (κ3) is 5.30. The fourth-order valence-corrected chi connectivity index (χ4v) is 3.09. The Bertz CT molecular complexity index is 496. The predicted molar refractivity (Wildman–Crippen MR) is 93.9 cm³/mol. The first-order chi connectivity index (χ1) is 10.0. The summed E-state index contributed by atoms with van der Waals surface area (Å²) in [6, 6.07) is 7.79. The number of amides is 1. The highest BCUT2D eigenvalue weighted by Gasteiger charge is 2.17. The van der Waals surface area contributed by atoms with Gasteiger partial charge in [-0.1, -0.05) is 41.7 Å². The molecule has 1 aliphatic rings. The van der Waals surface area contributed by atoms with Crippen LogP contribution in [0.4, 0.5) is 5.69 Å². The van der Waals surface area contributed by atoms with Gasteiger partial charge in [0.2, 0.25) is 5.91 Å². The molecular formula is C15H21N3OS2. The normalized spacial score (nSPS) is 15.8. The van der Waals surface area contributed by atoms with Gasteiger partial charge in [-0.3, -0.25) is 4.79 Å². The number of anilines is 1. The molecule has 0 aliphatic carbocycles. The lowest BCUT2D eigenvalue weighted by Gasteiger charge is -2.33. The van der Waals surface area contributed by atoms with Gasteiger partial charge in [0.25, 0.3) is 0 Å². The number of thioether (sulfide) groups is 1. The summed E-state index contributed by atoms with van der Waals surface area (Å²) in [4.78, 5) is 16.4. The number of thiocarbonyl (C=S) groups is 1. The molecular weight excluding hydrogens is 302 g/mol. The number of benzene rings is 1. The average Bonchev–Trinajstić information content (AvgIpc) is 2.48. The maximum absolute atomic E-state index is 11.9. The number of likely N-dealkylation sites (N-methyl/N-ethyl adjacent to an activating group) is 1. The van der Waals surface area contributed by atoms with E-state index in [0.29, 0.717) is 5.75 Å². The van der Waals surface area contributed by atoms with Crippen LogP contribution in [0.5, 0.6) is 0 Å². The van der Waals surface area contributed by atoms with Crippen LogP contribution in [-0.4, -0.2) is 59.0 Å². The number of carbonyl (C=O) groups is 1. The lowest BCUT2D eigenvalue weighted by molar-refractivity contribution is -0.113. The van der Waals surface area contributed by atoms with Gasteiger partial charge >= 0.3 is 0 Å². The van der Waals surface area contributed by atoms with Crippen LogP contribution >= 0.6 is 24.0 Å². The molecule has 1 aromatic rings. The minimum absolute atomic E-state index is 0.0136. The Hall–Kier alpha value is -1.11. The van der Waals surface area contributed by atoms with Crippen LogP contribution in [0.2, 0.25) is 0 Å². The molecule has 0 aromatic heterocycles. The molecule has 6 heteroatoms. The SMILES string of the molecule is Cc1ccc(NC(=O)CSC(=S)N2CCN(C)CC2)cc1. The van der Waals surface area contributed by atoms with Crippen LogP contribution in [0.25, 0.3) is 0 Å². The van der Waals surface area contributed by atoms with Gasteiger partial charge in [-0.15, -0.1) is 0 Å². The van der Waals surface area contributed by atoms with Gasteiger partial charge in [0.05, 0.1) is 5.75 Å². The molecule has 1 aromatic carbocycles. The molecule has 1 N–H and O–H groups in total. The molecule has 1 heterocycles. The molecule has 2 rings (SSSR count). The van der Waals surface area contributed by atoms with E-state index in [9.17, 15) is 4.79 Å². The zero-order valence-electron chi connectivity index (χ0n) is 12.5. The number of nitrogens with zero attached hydrogens (tertiary/aromatic N) is 2. The Labute approximate surface area is 135 Å². The third-order valence-electron chi connectivity index (χ3n) is 3.42. The highest BCUT2D eigenvalue weighted by Crippen LogP contribution is 2.14. The number of hydrogen-bond acceptors (Lipinski definition) is 4. The topological polar surface area (TPSA) is 35.6 Å². The average molecular weight is 323 g/mol. The van der Waals surface area contributed by atoms with Crippen molar-refractivity contribution in [3.05, 3.63) is 29.8 Å². The zero-order chi connectivity index (χ0) is 15.2. The summed E-state index contributed by atoms with van der Waals surface area (Å²) >= 11 is 6.84. The number of hydrogen-bond donors (Lipinski definition) is 1. The van der Waals surface area contributed by atoms with Crippen LogP contribution < -0.4 is 5.32 Å². The number of carbonyl (C=O) groups excluding carboxylic acids is 1. The lowest BCUT2D eigenvalue weighted by atomic mass is 10.2. The highest BCUT2D eigenvalue weighted by molar-refractivity contribution is 8.23. The molecule has 1 saturated heterocycles. The van der Waals surface area contributed by atoms with Crippen molar-refractivity contribution in [2.24, 2.45) is 0 Å². The molecule has 1 aliphatic heterocycles. The number of nitrogens with one attached hydrogen (secondary N) is 1. The maximum Gasteiger partial charge on any atom is 0.234 e. The quantitative estimate of drug-likeness (QED) is 0.863. The molecule has 114 valence electrons. The molecule has 4 nitrogen and oxygen atoms in total. The molecule has 1 fully saturated rings. The van der Waals surface area contributed by atoms with E-state index in [1.807, 2.05) is 31.2 Å². The minimum atomic E-state index is -0.0136. The van der Waals surface area contributed by atoms with E-state index in [1.54, 1.807) is 0 Å². The van der Waals surface area contributed by atoms with Crippen molar-refractivity contribution >= 4 is 39.9 Å². The van der Waals surface area contributed by atoms with E-state index in [0.717, 1.165) is 36.2 Å². The van der Waals surface area contributed by atoms with Crippen molar-refractivity contribution < 1.29 is 4.79 Å². The number of rotatable bonds is 3. The summed E-state index contributed by atoms with van der Waals surface area (Å²) in [5.41, 5.74) is 2.01. The van der Waals surface area contributed by atoms with Gasteiger partial charge in [0.15, 0.2) is 0 Å². The summed E-state index contributed by atoms with van der Waals surface area (Å²) in [6.45, 7) is 5.96. The molecule has 0 saturated carbocycles. The van der Waals surface area contributed by atoms with Gasteiger partial charge < -0.3 is 15.1 Å². The highest BCUT2D eigenvalue weighted by atomic mass is 32.2. The number of piperazine rings is 1. The van der Waals surface area contributed by atoms with Gasteiger partial charge in [-0.25, -0.2) is 0 Å². The van der Waals surface area contributed by atoms with Crippen molar-refractivity contribution in [3.63, 3.8) is 0 Å². The summed E-state index contributed by atoms with van der Waals surface area (Å²) in [7, 11) is 2.11. The Balaban J connectivity index is 1.73. The van der Waals surface area contributed by atoms with E-state index < -0.39 is 0 Å². The Morgan fingerprint density at radius 2 is 1.86 bits per heavy atom.